The molecule has 0 radical (unpaired) electrons. The zero-order valence-corrected chi connectivity index (χ0v) is 13.0. The van der Waals surface area contributed by atoms with Crippen LogP contribution in [0.5, 0.6) is 5.75 Å². The van der Waals surface area contributed by atoms with Crippen molar-refractivity contribution in [3.05, 3.63) is 24.0 Å². The van der Waals surface area contributed by atoms with Crippen LogP contribution in [0.3, 0.4) is 0 Å². The maximum Gasteiger partial charge on any atom is 0.137 e. The summed E-state index contributed by atoms with van der Waals surface area (Å²) in [4.78, 5) is 4.29. The third-order valence-corrected chi connectivity index (χ3v) is 3.01. The van der Waals surface area contributed by atoms with Crippen molar-refractivity contribution in [1.29, 1.82) is 0 Å². The molecule has 0 aliphatic carbocycles. The Morgan fingerprint density at radius 3 is 2.70 bits per heavy atom. The van der Waals surface area contributed by atoms with E-state index >= 15 is 0 Å². The third kappa shape index (κ3) is 6.35. The Kier molecular flexibility index (Phi) is 9.00. The SMILES string of the molecule is CCCNC(CCOCC)c1cncc(OCCC)c1. The number of nitrogens with zero attached hydrogens (tertiary/aromatic N) is 1. The van der Waals surface area contributed by atoms with Gasteiger partial charge in [-0.05, 0) is 44.4 Å². The normalized spacial score (nSPS) is 12.3. The molecule has 20 heavy (non-hydrogen) atoms. The standard InChI is InChI=1S/C16H28N2O2/c1-4-8-18-16(7-10-19-6-3)14-11-15(13-17-12-14)20-9-5-2/h11-13,16,18H,4-10H2,1-3H3. The molecule has 0 fully saturated rings. The smallest absolute Gasteiger partial charge is 0.137 e. The summed E-state index contributed by atoms with van der Waals surface area (Å²) in [5, 5.41) is 3.55. The van der Waals surface area contributed by atoms with Crippen molar-refractivity contribution in [2.24, 2.45) is 0 Å². The molecule has 0 saturated carbocycles. The molecule has 0 aliphatic heterocycles. The van der Waals surface area contributed by atoms with Crippen LogP contribution in [0.15, 0.2) is 18.5 Å². The van der Waals surface area contributed by atoms with Gasteiger partial charge in [-0.1, -0.05) is 13.8 Å². The van der Waals surface area contributed by atoms with Crippen molar-refractivity contribution in [2.45, 2.75) is 46.1 Å². The predicted octanol–water partition coefficient (Wildman–Crippen LogP) is 3.34. The monoisotopic (exact) mass is 280 g/mol. The average Bonchev–Trinajstić information content (AvgIpc) is 2.49. The molecule has 4 heteroatoms. The van der Waals surface area contributed by atoms with Crippen molar-refractivity contribution in [3.63, 3.8) is 0 Å². The summed E-state index contributed by atoms with van der Waals surface area (Å²) < 4.78 is 11.1. The lowest BCUT2D eigenvalue weighted by Crippen LogP contribution is -2.23. The van der Waals surface area contributed by atoms with E-state index < -0.39 is 0 Å². The summed E-state index contributed by atoms with van der Waals surface area (Å²) in [5.74, 6) is 0.851. The summed E-state index contributed by atoms with van der Waals surface area (Å²) in [6.07, 6.45) is 6.76. The second-order valence-electron chi connectivity index (χ2n) is 4.79. The van der Waals surface area contributed by atoms with Crippen LogP contribution in [0.25, 0.3) is 0 Å². The molecule has 1 heterocycles. The van der Waals surface area contributed by atoms with Gasteiger partial charge in [-0.25, -0.2) is 0 Å². The number of rotatable bonds is 11. The molecule has 1 aromatic heterocycles. The van der Waals surface area contributed by atoms with E-state index in [1.807, 2.05) is 13.1 Å². The first kappa shape index (κ1) is 16.9. The number of pyridine rings is 1. The van der Waals surface area contributed by atoms with Gasteiger partial charge in [0.15, 0.2) is 0 Å². The lowest BCUT2D eigenvalue weighted by Gasteiger charge is -2.19. The topological polar surface area (TPSA) is 43.4 Å². The first-order valence-electron chi connectivity index (χ1n) is 7.70. The van der Waals surface area contributed by atoms with E-state index in [0.29, 0.717) is 0 Å². The molecular weight excluding hydrogens is 252 g/mol. The molecular formula is C16H28N2O2. The van der Waals surface area contributed by atoms with E-state index in [9.17, 15) is 0 Å². The molecule has 0 saturated heterocycles. The average molecular weight is 280 g/mol. The van der Waals surface area contributed by atoms with E-state index in [1.54, 1.807) is 6.20 Å². The summed E-state index contributed by atoms with van der Waals surface area (Å²) in [7, 11) is 0. The fourth-order valence-corrected chi connectivity index (χ4v) is 1.98. The van der Waals surface area contributed by atoms with Crippen molar-refractivity contribution in [1.82, 2.24) is 10.3 Å². The van der Waals surface area contributed by atoms with Gasteiger partial charge in [0.2, 0.25) is 0 Å². The largest absolute Gasteiger partial charge is 0.492 e. The van der Waals surface area contributed by atoms with Gasteiger partial charge in [0, 0.05) is 25.5 Å². The van der Waals surface area contributed by atoms with Gasteiger partial charge in [0.05, 0.1) is 12.8 Å². The molecule has 1 rings (SSSR count). The second-order valence-corrected chi connectivity index (χ2v) is 4.79. The Hall–Kier alpha value is -1.13. The van der Waals surface area contributed by atoms with E-state index in [1.165, 1.54) is 5.56 Å². The summed E-state index contributed by atoms with van der Waals surface area (Å²) in [6.45, 7) is 9.55. The molecule has 114 valence electrons. The van der Waals surface area contributed by atoms with E-state index in [2.05, 4.69) is 30.2 Å². The van der Waals surface area contributed by atoms with Gasteiger partial charge in [-0.2, -0.15) is 0 Å². The Balaban J connectivity index is 2.66. The van der Waals surface area contributed by atoms with Crippen LogP contribution in [0.1, 0.15) is 51.6 Å². The highest BCUT2D eigenvalue weighted by atomic mass is 16.5. The number of hydrogen-bond acceptors (Lipinski definition) is 4. The summed E-state index contributed by atoms with van der Waals surface area (Å²) >= 11 is 0. The van der Waals surface area contributed by atoms with Gasteiger partial charge in [0.25, 0.3) is 0 Å². The van der Waals surface area contributed by atoms with E-state index in [0.717, 1.165) is 51.4 Å². The van der Waals surface area contributed by atoms with E-state index in [-0.39, 0.29) is 6.04 Å². The Bertz CT molecular complexity index is 358. The molecule has 0 aliphatic rings. The maximum atomic E-state index is 5.65. The predicted molar refractivity (Wildman–Crippen MR) is 82.2 cm³/mol. The highest BCUT2D eigenvalue weighted by Crippen LogP contribution is 2.20. The Labute approximate surface area is 122 Å². The van der Waals surface area contributed by atoms with Crippen molar-refractivity contribution in [3.8, 4) is 5.75 Å². The van der Waals surface area contributed by atoms with Crippen LogP contribution < -0.4 is 10.1 Å². The fourth-order valence-electron chi connectivity index (χ4n) is 1.98. The van der Waals surface area contributed by atoms with Crippen LogP contribution in [-0.4, -0.2) is 31.3 Å². The molecule has 4 nitrogen and oxygen atoms in total. The minimum absolute atomic E-state index is 0.277. The van der Waals surface area contributed by atoms with Gasteiger partial charge in [0.1, 0.15) is 5.75 Å². The quantitative estimate of drug-likeness (QED) is 0.631. The molecule has 0 aromatic carbocycles. The molecule has 1 aromatic rings. The minimum atomic E-state index is 0.277. The number of nitrogens with one attached hydrogen (secondary N) is 1. The van der Waals surface area contributed by atoms with Crippen LogP contribution >= 0.6 is 0 Å². The van der Waals surface area contributed by atoms with Gasteiger partial charge >= 0.3 is 0 Å². The zero-order valence-electron chi connectivity index (χ0n) is 13.0. The molecule has 1 atom stereocenters. The van der Waals surface area contributed by atoms with Crippen LogP contribution in [0.4, 0.5) is 0 Å². The molecule has 0 bridgehead atoms. The van der Waals surface area contributed by atoms with Gasteiger partial charge in [-0.15, -0.1) is 0 Å². The highest BCUT2D eigenvalue weighted by molar-refractivity contribution is 5.26. The van der Waals surface area contributed by atoms with Crippen LogP contribution in [0.2, 0.25) is 0 Å². The molecule has 1 unspecified atom stereocenters. The summed E-state index contributed by atoms with van der Waals surface area (Å²) in [6, 6.07) is 2.36. The lowest BCUT2D eigenvalue weighted by atomic mass is 10.1. The van der Waals surface area contributed by atoms with E-state index in [4.69, 9.17) is 9.47 Å². The second kappa shape index (κ2) is 10.6. The first-order chi connectivity index (χ1) is 9.81. The Morgan fingerprint density at radius 2 is 2.00 bits per heavy atom. The van der Waals surface area contributed by atoms with Crippen molar-refractivity contribution >= 4 is 0 Å². The van der Waals surface area contributed by atoms with Crippen molar-refractivity contribution < 1.29 is 9.47 Å². The highest BCUT2D eigenvalue weighted by Gasteiger charge is 2.12. The molecule has 0 spiro atoms. The zero-order chi connectivity index (χ0) is 14.6. The fraction of sp³-hybridized carbons (Fsp3) is 0.688. The van der Waals surface area contributed by atoms with Gasteiger partial charge in [-0.3, -0.25) is 4.98 Å². The minimum Gasteiger partial charge on any atom is -0.492 e. The first-order valence-corrected chi connectivity index (χ1v) is 7.70. The molecule has 0 amide bonds. The summed E-state index contributed by atoms with van der Waals surface area (Å²) in [5.41, 5.74) is 1.17. The van der Waals surface area contributed by atoms with Crippen LogP contribution in [0, 0.1) is 0 Å². The number of ether oxygens (including phenoxy) is 2. The third-order valence-electron chi connectivity index (χ3n) is 3.01. The lowest BCUT2D eigenvalue weighted by molar-refractivity contribution is 0.136. The Morgan fingerprint density at radius 1 is 1.15 bits per heavy atom. The molecule has 1 N–H and O–H groups in total. The maximum absolute atomic E-state index is 5.65. The number of aromatic nitrogens is 1. The van der Waals surface area contributed by atoms with Crippen molar-refractivity contribution in [2.75, 3.05) is 26.4 Å². The van der Waals surface area contributed by atoms with Gasteiger partial charge < -0.3 is 14.8 Å². The van der Waals surface area contributed by atoms with Crippen LogP contribution in [-0.2, 0) is 4.74 Å². The number of hydrogen-bond donors (Lipinski definition) is 1.